The molecule has 2 rings (SSSR count). The van der Waals surface area contributed by atoms with E-state index in [1.807, 2.05) is 32.1 Å². The Kier molecular flexibility index (Phi) is 10.7. The van der Waals surface area contributed by atoms with E-state index in [0.29, 0.717) is 38.0 Å². The number of hydrogen-bond acceptors (Lipinski definition) is 5. The minimum Gasteiger partial charge on any atom is -0.468 e. The average molecular weight is 508 g/mol. The lowest BCUT2D eigenvalue weighted by molar-refractivity contribution is -0.158. The van der Waals surface area contributed by atoms with Crippen molar-refractivity contribution in [1.82, 2.24) is 4.72 Å². The molecule has 34 heavy (non-hydrogen) atoms. The van der Waals surface area contributed by atoms with Crippen LogP contribution in [0.15, 0.2) is 65.1 Å². The van der Waals surface area contributed by atoms with Gasteiger partial charge in [0.25, 0.3) is 0 Å². The Morgan fingerprint density at radius 2 is 1.97 bits per heavy atom. The van der Waals surface area contributed by atoms with Crippen molar-refractivity contribution in [1.29, 1.82) is 0 Å². The summed E-state index contributed by atoms with van der Waals surface area (Å²) < 4.78 is 32.5. The number of alkyl halides is 1. The second kappa shape index (κ2) is 13.0. The van der Waals surface area contributed by atoms with Gasteiger partial charge in [-0.25, -0.2) is 13.1 Å². The standard InChI is InChI=1S/C26H34ClNO5S/c1-20(16-19-28-34(31,32)23-13-10-21(2)11-14-23)8-7-17-26(25(30)33-3)22(12-15-24(26)29)9-5-4-6-18-27/h4-6,8-11,13-14,22,28H,7,12,15-19H2,1-3H3/b6-4+,9-5+,20-8+/t22-,26-/m1/s1. The highest BCUT2D eigenvalue weighted by molar-refractivity contribution is 7.89. The summed E-state index contributed by atoms with van der Waals surface area (Å²) in [6, 6.07) is 6.69. The Hall–Kier alpha value is -2.22. The van der Waals surface area contributed by atoms with Crippen molar-refractivity contribution in [3.8, 4) is 0 Å². The summed E-state index contributed by atoms with van der Waals surface area (Å²) >= 11 is 5.65. The molecule has 2 atom stereocenters. The summed E-state index contributed by atoms with van der Waals surface area (Å²) in [5.41, 5.74) is 0.783. The summed E-state index contributed by atoms with van der Waals surface area (Å²) in [4.78, 5) is 25.8. The van der Waals surface area contributed by atoms with E-state index in [4.69, 9.17) is 16.3 Å². The Morgan fingerprint density at radius 1 is 1.26 bits per heavy atom. The van der Waals surface area contributed by atoms with E-state index < -0.39 is 21.4 Å². The van der Waals surface area contributed by atoms with Crippen molar-refractivity contribution in [3.63, 3.8) is 0 Å². The SMILES string of the molecule is COC(=O)[C@@]1(CC/C=C(\C)CCNS(=O)(=O)c2ccc(C)cc2)C(=O)CC[C@H]1/C=C/C=C/CCl. The second-order valence-corrected chi connectivity index (χ2v) is 10.6. The van der Waals surface area contributed by atoms with Crippen molar-refractivity contribution in [2.45, 2.75) is 50.8 Å². The van der Waals surface area contributed by atoms with Crippen molar-refractivity contribution in [2.24, 2.45) is 11.3 Å². The summed E-state index contributed by atoms with van der Waals surface area (Å²) in [6.07, 6.45) is 11.6. The number of aryl methyl sites for hydroxylation is 1. The molecular formula is C26H34ClNO5S. The quantitative estimate of drug-likeness (QED) is 0.143. The van der Waals surface area contributed by atoms with E-state index in [1.54, 1.807) is 36.4 Å². The monoisotopic (exact) mass is 507 g/mol. The molecule has 0 aromatic heterocycles. The minimum absolute atomic E-state index is 0.0905. The zero-order chi connectivity index (χ0) is 25.2. The smallest absolute Gasteiger partial charge is 0.319 e. The lowest BCUT2D eigenvalue weighted by atomic mass is 9.73. The number of carbonyl (C=O) groups is 2. The van der Waals surface area contributed by atoms with E-state index in [-0.39, 0.29) is 23.1 Å². The molecule has 8 heteroatoms. The number of ketones is 1. The van der Waals surface area contributed by atoms with Crippen LogP contribution in [0.4, 0.5) is 0 Å². The van der Waals surface area contributed by atoms with Crippen LogP contribution in [0.5, 0.6) is 0 Å². The number of Topliss-reactive ketones (excluding diaryl/α,β-unsaturated/α-hetero) is 1. The van der Waals surface area contributed by atoms with Gasteiger partial charge in [-0.2, -0.15) is 0 Å². The number of sulfonamides is 1. The molecule has 0 bridgehead atoms. The zero-order valence-corrected chi connectivity index (χ0v) is 21.6. The molecule has 0 radical (unpaired) electrons. The molecule has 1 aliphatic carbocycles. The van der Waals surface area contributed by atoms with Crippen LogP contribution in [0.2, 0.25) is 0 Å². The Labute approximate surface area is 208 Å². The first-order chi connectivity index (χ1) is 16.2. The molecule has 1 saturated carbocycles. The van der Waals surface area contributed by atoms with E-state index in [0.717, 1.165) is 11.1 Å². The molecule has 6 nitrogen and oxygen atoms in total. The zero-order valence-electron chi connectivity index (χ0n) is 20.1. The third-order valence-corrected chi connectivity index (χ3v) is 7.87. The molecule has 0 unspecified atom stereocenters. The fourth-order valence-electron chi connectivity index (χ4n) is 4.26. The number of hydrogen-bond donors (Lipinski definition) is 1. The summed E-state index contributed by atoms with van der Waals surface area (Å²) in [5, 5.41) is 0. The van der Waals surface area contributed by atoms with Gasteiger partial charge < -0.3 is 4.74 Å². The maximum absolute atomic E-state index is 12.8. The highest BCUT2D eigenvalue weighted by Crippen LogP contribution is 2.46. The summed E-state index contributed by atoms with van der Waals surface area (Å²) in [5.74, 6) is -0.431. The average Bonchev–Trinajstić information content (AvgIpc) is 3.12. The Bertz CT molecular complexity index is 1040. The van der Waals surface area contributed by atoms with Crippen molar-refractivity contribution >= 4 is 33.4 Å². The molecule has 0 aliphatic heterocycles. The van der Waals surface area contributed by atoms with Crippen LogP contribution >= 0.6 is 11.6 Å². The Balaban J connectivity index is 2.01. The number of allylic oxidation sites excluding steroid dienone is 5. The normalized spacial score (nSPS) is 21.6. The molecular weight excluding hydrogens is 474 g/mol. The van der Waals surface area contributed by atoms with Gasteiger partial charge in [0.2, 0.25) is 10.0 Å². The first-order valence-electron chi connectivity index (χ1n) is 11.4. The van der Waals surface area contributed by atoms with Gasteiger partial charge >= 0.3 is 5.97 Å². The number of nitrogens with one attached hydrogen (secondary N) is 1. The van der Waals surface area contributed by atoms with Crippen LogP contribution in [0.25, 0.3) is 0 Å². The first-order valence-corrected chi connectivity index (χ1v) is 13.4. The lowest BCUT2D eigenvalue weighted by Crippen LogP contribution is -2.41. The van der Waals surface area contributed by atoms with Gasteiger partial charge in [0.05, 0.1) is 12.0 Å². The molecule has 1 fully saturated rings. The fourth-order valence-corrected chi connectivity index (χ4v) is 5.39. The third-order valence-electron chi connectivity index (χ3n) is 6.22. The number of methoxy groups -OCH3 is 1. The predicted molar refractivity (Wildman–Crippen MR) is 135 cm³/mol. The molecule has 186 valence electrons. The maximum atomic E-state index is 12.8. The molecule has 0 amide bonds. The summed E-state index contributed by atoms with van der Waals surface area (Å²) in [7, 11) is -2.25. The van der Waals surface area contributed by atoms with Gasteiger partial charge in [-0.05, 0) is 51.7 Å². The number of benzene rings is 1. The lowest BCUT2D eigenvalue weighted by Gasteiger charge is -2.29. The largest absolute Gasteiger partial charge is 0.468 e. The number of rotatable bonds is 12. The predicted octanol–water partition coefficient (Wildman–Crippen LogP) is 4.88. The maximum Gasteiger partial charge on any atom is 0.319 e. The first kappa shape index (κ1) is 28.0. The second-order valence-electron chi connectivity index (χ2n) is 8.55. The fraction of sp³-hybridized carbons (Fsp3) is 0.462. The molecule has 1 aromatic rings. The van der Waals surface area contributed by atoms with Gasteiger partial charge in [0, 0.05) is 24.8 Å². The van der Waals surface area contributed by atoms with Gasteiger partial charge in [0.15, 0.2) is 5.78 Å². The number of carbonyl (C=O) groups excluding carboxylic acids is 2. The number of ether oxygens (including phenoxy) is 1. The van der Waals surface area contributed by atoms with Crippen molar-refractivity contribution in [3.05, 3.63) is 65.8 Å². The minimum atomic E-state index is -3.56. The molecule has 1 aliphatic rings. The molecule has 1 aromatic carbocycles. The van der Waals surface area contributed by atoms with Gasteiger partial charge in [0.1, 0.15) is 5.41 Å². The van der Waals surface area contributed by atoms with Crippen LogP contribution < -0.4 is 4.72 Å². The van der Waals surface area contributed by atoms with Crippen molar-refractivity contribution in [2.75, 3.05) is 19.5 Å². The van der Waals surface area contributed by atoms with Gasteiger partial charge in [-0.1, -0.05) is 53.6 Å². The van der Waals surface area contributed by atoms with Crippen LogP contribution in [0.3, 0.4) is 0 Å². The van der Waals surface area contributed by atoms with Crippen LogP contribution in [-0.2, 0) is 24.3 Å². The van der Waals surface area contributed by atoms with Crippen LogP contribution in [0.1, 0.15) is 44.6 Å². The third kappa shape index (κ3) is 7.14. The van der Waals surface area contributed by atoms with Gasteiger partial charge in [-0.3, -0.25) is 9.59 Å². The highest BCUT2D eigenvalue weighted by atomic mass is 35.5. The van der Waals surface area contributed by atoms with Crippen LogP contribution in [-0.4, -0.2) is 39.7 Å². The highest BCUT2D eigenvalue weighted by Gasteiger charge is 2.54. The number of esters is 1. The van der Waals surface area contributed by atoms with Crippen LogP contribution in [0, 0.1) is 18.3 Å². The topological polar surface area (TPSA) is 89.5 Å². The summed E-state index contributed by atoms with van der Waals surface area (Å²) in [6.45, 7) is 4.08. The Morgan fingerprint density at radius 3 is 2.62 bits per heavy atom. The van der Waals surface area contributed by atoms with Gasteiger partial charge in [-0.15, -0.1) is 11.6 Å². The number of halogens is 1. The van der Waals surface area contributed by atoms with E-state index >= 15 is 0 Å². The molecule has 1 N–H and O–H groups in total. The van der Waals surface area contributed by atoms with E-state index in [2.05, 4.69) is 4.72 Å². The van der Waals surface area contributed by atoms with Crippen molar-refractivity contribution < 1.29 is 22.7 Å². The molecule has 0 heterocycles. The van der Waals surface area contributed by atoms with E-state index in [1.165, 1.54) is 7.11 Å². The van der Waals surface area contributed by atoms with E-state index in [9.17, 15) is 18.0 Å². The molecule has 0 spiro atoms. The molecule has 0 saturated heterocycles.